The third-order valence-electron chi connectivity index (χ3n) is 3.07. The van der Waals surface area contributed by atoms with E-state index >= 15 is 0 Å². The molecular formula is C10H21F3N2. The van der Waals surface area contributed by atoms with Crippen LogP contribution in [0.1, 0.15) is 26.7 Å². The van der Waals surface area contributed by atoms with Gasteiger partial charge in [-0.1, -0.05) is 0 Å². The van der Waals surface area contributed by atoms with Gasteiger partial charge in [0.1, 0.15) is 0 Å². The molecule has 1 atom stereocenters. The Balaban J connectivity index is 4.37. The lowest BCUT2D eigenvalue weighted by Crippen LogP contribution is -2.54. The zero-order valence-corrected chi connectivity index (χ0v) is 10.1. The largest absolute Gasteiger partial charge is 0.389 e. The summed E-state index contributed by atoms with van der Waals surface area (Å²) in [5.41, 5.74) is -0.292. The molecule has 0 fully saturated rings. The van der Waals surface area contributed by atoms with Gasteiger partial charge in [-0.2, -0.15) is 13.2 Å². The summed E-state index contributed by atoms with van der Waals surface area (Å²) >= 11 is 0. The van der Waals surface area contributed by atoms with E-state index in [1.54, 1.807) is 7.05 Å². The standard InChI is InChI=1S/C10H21F3N2/c1-9(2,15(4)5)8(14-3)6-7-10(11,12)13/h8,14H,6-7H2,1-5H3. The van der Waals surface area contributed by atoms with E-state index in [2.05, 4.69) is 5.32 Å². The molecule has 92 valence electrons. The van der Waals surface area contributed by atoms with Crippen LogP contribution in [0.25, 0.3) is 0 Å². The molecule has 0 saturated carbocycles. The van der Waals surface area contributed by atoms with Gasteiger partial charge in [0, 0.05) is 18.0 Å². The van der Waals surface area contributed by atoms with Crippen molar-refractivity contribution in [3.63, 3.8) is 0 Å². The van der Waals surface area contributed by atoms with Crippen molar-refractivity contribution in [2.45, 2.75) is 44.4 Å². The minimum atomic E-state index is -4.07. The molecule has 2 nitrogen and oxygen atoms in total. The summed E-state index contributed by atoms with van der Waals surface area (Å²) in [6.07, 6.45) is -4.71. The topological polar surface area (TPSA) is 15.3 Å². The van der Waals surface area contributed by atoms with E-state index in [1.165, 1.54) is 0 Å². The third-order valence-corrected chi connectivity index (χ3v) is 3.07. The average Bonchev–Trinajstić information content (AvgIpc) is 2.02. The fourth-order valence-corrected chi connectivity index (χ4v) is 1.47. The highest BCUT2D eigenvalue weighted by Gasteiger charge is 2.34. The molecule has 1 N–H and O–H groups in total. The van der Waals surface area contributed by atoms with Crippen LogP contribution in [-0.4, -0.2) is 43.8 Å². The molecule has 0 aliphatic heterocycles. The van der Waals surface area contributed by atoms with Crippen molar-refractivity contribution >= 4 is 0 Å². The van der Waals surface area contributed by atoms with Gasteiger partial charge >= 0.3 is 6.18 Å². The fraction of sp³-hybridized carbons (Fsp3) is 1.00. The van der Waals surface area contributed by atoms with Crippen molar-refractivity contribution in [2.24, 2.45) is 0 Å². The van der Waals surface area contributed by atoms with Crippen LogP contribution in [0.2, 0.25) is 0 Å². The predicted octanol–water partition coefficient (Wildman–Crippen LogP) is 2.26. The molecule has 0 aliphatic carbocycles. The van der Waals surface area contributed by atoms with Crippen LogP contribution >= 0.6 is 0 Å². The fourth-order valence-electron chi connectivity index (χ4n) is 1.47. The Morgan fingerprint density at radius 1 is 1.20 bits per heavy atom. The van der Waals surface area contributed by atoms with Crippen molar-refractivity contribution in [1.29, 1.82) is 0 Å². The van der Waals surface area contributed by atoms with Gasteiger partial charge in [0.25, 0.3) is 0 Å². The van der Waals surface area contributed by atoms with E-state index in [0.29, 0.717) is 0 Å². The van der Waals surface area contributed by atoms with Gasteiger partial charge in [0.2, 0.25) is 0 Å². The Kier molecular flexibility index (Phi) is 5.06. The van der Waals surface area contributed by atoms with E-state index < -0.39 is 12.6 Å². The number of hydrogen-bond acceptors (Lipinski definition) is 2. The minimum absolute atomic E-state index is 0.102. The van der Waals surface area contributed by atoms with Crippen LogP contribution in [0, 0.1) is 0 Å². The summed E-state index contributed by atoms with van der Waals surface area (Å²) in [5.74, 6) is 0. The number of nitrogens with zero attached hydrogens (tertiary/aromatic N) is 1. The molecule has 0 saturated heterocycles. The van der Waals surface area contributed by atoms with E-state index in [4.69, 9.17) is 0 Å². The highest BCUT2D eigenvalue weighted by molar-refractivity contribution is 4.90. The molecule has 0 heterocycles. The first-order valence-corrected chi connectivity index (χ1v) is 5.02. The lowest BCUT2D eigenvalue weighted by molar-refractivity contribution is -0.138. The summed E-state index contributed by atoms with van der Waals surface area (Å²) < 4.78 is 36.3. The van der Waals surface area contributed by atoms with Crippen LogP contribution in [0.3, 0.4) is 0 Å². The number of rotatable bonds is 5. The molecule has 0 spiro atoms. The molecule has 0 aromatic carbocycles. The van der Waals surface area contributed by atoms with Crippen LogP contribution in [0.15, 0.2) is 0 Å². The lowest BCUT2D eigenvalue weighted by Gasteiger charge is -2.40. The van der Waals surface area contributed by atoms with Crippen molar-refractivity contribution in [2.75, 3.05) is 21.1 Å². The average molecular weight is 226 g/mol. The summed E-state index contributed by atoms with van der Waals surface area (Å²) in [6.45, 7) is 3.87. The van der Waals surface area contributed by atoms with Crippen molar-refractivity contribution in [3.8, 4) is 0 Å². The lowest BCUT2D eigenvalue weighted by atomic mass is 9.89. The predicted molar refractivity (Wildman–Crippen MR) is 55.9 cm³/mol. The van der Waals surface area contributed by atoms with Gasteiger partial charge in [0.05, 0.1) is 0 Å². The van der Waals surface area contributed by atoms with Gasteiger partial charge in [-0.05, 0) is 41.4 Å². The molecule has 0 aliphatic rings. The summed E-state index contributed by atoms with van der Waals surface area (Å²) in [6, 6.07) is -0.172. The molecule has 0 aromatic heterocycles. The molecule has 1 unspecified atom stereocenters. The second-order valence-corrected chi connectivity index (χ2v) is 4.54. The van der Waals surface area contributed by atoms with E-state index in [0.717, 1.165) is 0 Å². The molecule has 0 rings (SSSR count). The Bertz CT molecular complexity index is 188. The molecule has 15 heavy (non-hydrogen) atoms. The number of hydrogen-bond donors (Lipinski definition) is 1. The molecule has 0 aromatic rings. The number of nitrogens with one attached hydrogen (secondary N) is 1. The number of likely N-dealkylation sites (N-methyl/N-ethyl adjacent to an activating group) is 2. The maximum Gasteiger partial charge on any atom is 0.389 e. The van der Waals surface area contributed by atoms with Gasteiger partial charge in [-0.3, -0.25) is 0 Å². The van der Waals surface area contributed by atoms with E-state index in [-0.39, 0.29) is 18.0 Å². The Labute approximate surface area is 89.8 Å². The van der Waals surface area contributed by atoms with E-state index in [1.807, 2.05) is 32.8 Å². The molecular weight excluding hydrogens is 205 g/mol. The van der Waals surface area contributed by atoms with Crippen molar-refractivity contribution in [1.82, 2.24) is 10.2 Å². The van der Waals surface area contributed by atoms with Gasteiger partial charge in [-0.25, -0.2) is 0 Å². The number of halogens is 3. The zero-order chi connectivity index (χ0) is 12.3. The van der Waals surface area contributed by atoms with Crippen molar-refractivity contribution < 1.29 is 13.2 Å². The zero-order valence-electron chi connectivity index (χ0n) is 10.1. The van der Waals surface area contributed by atoms with E-state index in [9.17, 15) is 13.2 Å². The SMILES string of the molecule is CNC(CCC(F)(F)F)C(C)(C)N(C)C. The maximum absolute atomic E-state index is 12.1. The molecule has 0 amide bonds. The van der Waals surface area contributed by atoms with Crippen LogP contribution in [0.5, 0.6) is 0 Å². The summed E-state index contributed by atoms with van der Waals surface area (Å²) in [7, 11) is 5.45. The molecule has 0 bridgehead atoms. The van der Waals surface area contributed by atoms with Crippen LogP contribution in [-0.2, 0) is 0 Å². The van der Waals surface area contributed by atoms with Crippen LogP contribution in [0.4, 0.5) is 13.2 Å². The highest BCUT2D eigenvalue weighted by Crippen LogP contribution is 2.26. The quantitative estimate of drug-likeness (QED) is 0.773. The van der Waals surface area contributed by atoms with Gasteiger partial charge < -0.3 is 10.2 Å². The Hall–Kier alpha value is -0.290. The van der Waals surface area contributed by atoms with Crippen molar-refractivity contribution in [3.05, 3.63) is 0 Å². The van der Waals surface area contributed by atoms with Gasteiger partial charge in [0.15, 0.2) is 0 Å². The van der Waals surface area contributed by atoms with Crippen LogP contribution < -0.4 is 5.32 Å². The summed E-state index contributed by atoms with van der Waals surface area (Å²) in [5, 5.41) is 2.95. The maximum atomic E-state index is 12.1. The monoisotopic (exact) mass is 226 g/mol. The minimum Gasteiger partial charge on any atom is -0.315 e. The first-order chi connectivity index (χ1) is 6.61. The highest BCUT2D eigenvalue weighted by atomic mass is 19.4. The molecule has 5 heteroatoms. The second-order valence-electron chi connectivity index (χ2n) is 4.54. The Morgan fingerprint density at radius 2 is 1.67 bits per heavy atom. The third kappa shape index (κ3) is 4.84. The normalized spacial score (nSPS) is 15.8. The first kappa shape index (κ1) is 14.7. The van der Waals surface area contributed by atoms with Gasteiger partial charge in [-0.15, -0.1) is 0 Å². The smallest absolute Gasteiger partial charge is 0.315 e. The first-order valence-electron chi connectivity index (χ1n) is 5.02. The summed E-state index contributed by atoms with van der Waals surface area (Å²) in [4.78, 5) is 1.94. The number of alkyl halides is 3. The second kappa shape index (κ2) is 5.16. The Morgan fingerprint density at radius 3 is 1.93 bits per heavy atom. The molecule has 0 radical (unpaired) electrons.